The summed E-state index contributed by atoms with van der Waals surface area (Å²) in [6.45, 7) is 2.05. The smallest absolute Gasteiger partial charge is 0.253 e. The lowest BCUT2D eigenvalue weighted by atomic mass is 10.1. The molecule has 0 saturated heterocycles. The first kappa shape index (κ1) is 19.4. The second kappa shape index (κ2) is 7.94. The Morgan fingerprint density at radius 3 is 2.44 bits per heavy atom. The summed E-state index contributed by atoms with van der Waals surface area (Å²) in [5.41, 5.74) is 6.05. The predicted molar refractivity (Wildman–Crippen MR) is 97.5 cm³/mol. The third-order valence-electron chi connectivity index (χ3n) is 3.37. The van der Waals surface area contributed by atoms with Gasteiger partial charge in [-0.25, -0.2) is 17.5 Å². The van der Waals surface area contributed by atoms with Crippen LogP contribution in [0.3, 0.4) is 0 Å². The van der Waals surface area contributed by atoms with E-state index < -0.39 is 21.7 Å². The van der Waals surface area contributed by atoms with Gasteiger partial charge in [-0.05, 0) is 31.2 Å². The quantitative estimate of drug-likeness (QED) is 0.588. The van der Waals surface area contributed by atoms with E-state index in [0.29, 0.717) is 4.47 Å². The summed E-state index contributed by atoms with van der Waals surface area (Å²) in [7, 11) is -3.64. The molecule has 0 saturated carbocycles. The first-order valence-corrected chi connectivity index (χ1v) is 9.57. The number of anilines is 1. The summed E-state index contributed by atoms with van der Waals surface area (Å²) in [6, 6.07) is 9.06. The predicted octanol–water partition coefficient (Wildman–Crippen LogP) is 2.39. The van der Waals surface area contributed by atoms with Crippen LogP contribution in [0.15, 0.2) is 45.8 Å². The average molecular weight is 430 g/mol. The van der Waals surface area contributed by atoms with Gasteiger partial charge in [0.2, 0.25) is 10.0 Å². The minimum Gasteiger partial charge on any atom is -0.383 e. The molecular weight excluding hydrogens is 413 g/mol. The average Bonchev–Trinajstić information content (AvgIpc) is 2.51. The fourth-order valence-corrected chi connectivity index (χ4v) is 3.61. The highest BCUT2D eigenvalue weighted by molar-refractivity contribution is 9.10. The number of rotatable bonds is 7. The zero-order chi connectivity index (χ0) is 18.6. The Bertz CT molecular complexity index is 886. The van der Waals surface area contributed by atoms with Crippen molar-refractivity contribution in [2.45, 2.75) is 11.8 Å². The van der Waals surface area contributed by atoms with Crippen molar-refractivity contribution in [3.63, 3.8) is 0 Å². The molecule has 0 aliphatic heterocycles. The molecule has 0 radical (unpaired) electrons. The number of hydrogen-bond acceptors (Lipinski definition) is 4. The van der Waals surface area contributed by atoms with Crippen molar-refractivity contribution in [3.05, 3.63) is 57.8 Å². The van der Waals surface area contributed by atoms with Gasteiger partial charge in [0.25, 0.3) is 5.91 Å². The summed E-state index contributed by atoms with van der Waals surface area (Å²) in [5.74, 6) is -1.67. The van der Waals surface area contributed by atoms with E-state index in [1.54, 1.807) is 12.1 Å². The summed E-state index contributed by atoms with van der Waals surface area (Å²) >= 11 is 3.13. The number of halogens is 2. The standard InChI is InChI=1S/C16H17BrFN3O3S/c1-10-2-4-12(5-3-10)25(23,24)21-7-6-20-14-9-11(17)8-13(18)15(14)16(19)22/h2-5,8-9,20-21H,6-7H2,1H3,(H2,19,22). The Kier molecular flexibility index (Phi) is 6.15. The van der Waals surface area contributed by atoms with E-state index in [1.807, 2.05) is 6.92 Å². The summed E-state index contributed by atoms with van der Waals surface area (Å²) in [4.78, 5) is 11.5. The number of nitrogens with two attached hydrogens (primary N) is 1. The van der Waals surface area contributed by atoms with E-state index in [4.69, 9.17) is 5.73 Å². The van der Waals surface area contributed by atoms with Gasteiger partial charge in [-0.1, -0.05) is 33.6 Å². The van der Waals surface area contributed by atoms with Crippen molar-refractivity contribution >= 4 is 37.5 Å². The van der Waals surface area contributed by atoms with E-state index in [0.717, 1.165) is 11.6 Å². The molecule has 134 valence electrons. The lowest BCUT2D eigenvalue weighted by Gasteiger charge is -2.12. The molecule has 2 aromatic rings. The molecule has 0 spiro atoms. The largest absolute Gasteiger partial charge is 0.383 e. The number of benzene rings is 2. The second-order valence-corrected chi connectivity index (χ2v) is 7.99. The van der Waals surface area contributed by atoms with Crippen LogP contribution >= 0.6 is 15.9 Å². The van der Waals surface area contributed by atoms with Gasteiger partial charge >= 0.3 is 0 Å². The van der Waals surface area contributed by atoms with Crippen molar-refractivity contribution in [1.82, 2.24) is 4.72 Å². The van der Waals surface area contributed by atoms with Crippen LogP contribution in [0.4, 0.5) is 10.1 Å². The molecule has 6 nitrogen and oxygen atoms in total. The Morgan fingerprint density at radius 2 is 1.84 bits per heavy atom. The molecule has 0 aliphatic carbocycles. The second-order valence-electron chi connectivity index (χ2n) is 5.31. The first-order valence-electron chi connectivity index (χ1n) is 7.30. The van der Waals surface area contributed by atoms with E-state index in [9.17, 15) is 17.6 Å². The van der Waals surface area contributed by atoms with E-state index in [-0.39, 0.29) is 29.2 Å². The molecule has 2 rings (SSSR count). The van der Waals surface area contributed by atoms with Gasteiger partial charge in [-0.15, -0.1) is 0 Å². The Hall–Kier alpha value is -1.97. The number of sulfonamides is 1. The molecule has 0 unspecified atom stereocenters. The topological polar surface area (TPSA) is 101 Å². The first-order chi connectivity index (χ1) is 11.7. The van der Waals surface area contributed by atoms with Crippen molar-refractivity contribution < 1.29 is 17.6 Å². The van der Waals surface area contributed by atoms with E-state index in [1.165, 1.54) is 18.2 Å². The van der Waals surface area contributed by atoms with E-state index in [2.05, 4.69) is 26.0 Å². The van der Waals surface area contributed by atoms with Crippen LogP contribution in [0.25, 0.3) is 0 Å². The molecule has 0 aromatic heterocycles. The zero-order valence-corrected chi connectivity index (χ0v) is 15.7. The Morgan fingerprint density at radius 1 is 1.20 bits per heavy atom. The third-order valence-corrected chi connectivity index (χ3v) is 5.30. The monoisotopic (exact) mass is 429 g/mol. The number of amides is 1. The van der Waals surface area contributed by atoms with Crippen LogP contribution in [-0.4, -0.2) is 27.4 Å². The van der Waals surface area contributed by atoms with Crippen molar-refractivity contribution in [1.29, 1.82) is 0 Å². The van der Waals surface area contributed by atoms with Crippen LogP contribution in [0, 0.1) is 12.7 Å². The minimum atomic E-state index is -3.64. The number of primary amides is 1. The van der Waals surface area contributed by atoms with Crippen LogP contribution < -0.4 is 15.8 Å². The summed E-state index contributed by atoms with van der Waals surface area (Å²) in [5, 5.41) is 2.81. The lowest BCUT2D eigenvalue weighted by Crippen LogP contribution is -2.29. The van der Waals surface area contributed by atoms with Gasteiger partial charge in [0.1, 0.15) is 5.82 Å². The number of carbonyl (C=O) groups is 1. The maximum Gasteiger partial charge on any atom is 0.253 e. The highest BCUT2D eigenvalue weighted by Crippen LogP contribution is 2.24. The highest BCUT2D eigenvalue weighted by atomic mass is 79.9. The Balaban J connectivity index is 2.02. The van der Waals surface area contributed by atoms with Gasteiger partial charge in [0.15, 0.2) is 0 Å². The molecule has 0 fully saturated rings. The molecule has 25 heavy (non-hydrogen) atoms. The van der Waals surface area contributed by atoms with Gasteiger partial charge in [-0.3, -0.25) is 4.79 Å². The fourth-order valence-electron chi connectivity index (χ4n) is 2.15. The molecule has 0 aliphatic rings. The van der Waals surface area contributed by atoms with Crippen LogP contribution in [0.2, 0.25) is 0 Å². The van der Waals surface area contributed by atoms with Crippen LogP contribution in [-0.2, 0) is 10.0 Å². The van der Waals surface area contributed by atoms with Crippen LogP contribution in [0.1, 0.15) is 15.9 Å². The van der Waals surface area contributed by atoms with Crippen molar-refractivity contribution in [3.8, 4) is 0 Å². The minimum absolute atomic E-state index is 0.0442. The van der Waals surface area contributed by atoms with Gasteiger partial charge in [0, 0.05) is 17.6 Å². The number of carbonyl (C=O) groups excluding carboxylic acids is 1. The number of nitrogens with one attached hydrogen (secondary N) is 2. The van der Waals surface area contributed by atoms with Gasteiger partial charge in [0.05, 0.1) is 16.1 Å². The van der Waals surface area contributed by atoms with Crippen LogP contribution in [0.5, 0.6) is 0 Å². The number of aryl methyl sites for hydroxylation is 1. The zero-order valence-electron chi connectivity index (χ0n) is 13.3. The van der Waals surface area contributed by atoms with Crippen molar-refractivity contribution in [2.24, 2.45) is 5.73 Å². The highest BCUT2D eigenvalue weighted by Gasteiger charge is 2.16. The normalized spacial score (nSPS) is 11.3. The molecule has 2 aromatic carbocycles. The molecule has 0 heterocycles. The molecule has 1 amide bonds. The summed E-state index contributed by atoms with van der Waals surface area (Å²) < 4.78 is 41.0. The molecule has 0 atom stereocenters. The fraction of sp³-hybridized carbons (Fsp3) is 0.188. The summed E-state index contributed by atoms with van der Waals surface area (Å²) in [6.07, 6.45) is 0. The Labute approximate surface area is 153 Å². The third kappa shape index (κ3) is 5.00. The van der Waals surface area contributed by atoms with E-state index >= 15 is 0 Å². The molecule has 0 bridgehead atoms. The molecule has 4 N–H and O–H groups in total. The van der Waals surface area contributed by atoms with Crippen molar-refractivity contribution in [2.75, 3.05) is 18.4 Å². The SMILES string of the molecule is Cc1ccc(S(=O)(=O)NCCNc2cc(Br)cc(F)c2C(N)=O)cc1. The van der Waals surface area contributed by atoms with Gasteiger partial charge < -0.3 is 11.1 Å². The molecular formula is C16H17BrFN3O3S. The maximum atomic E-state index is 13.8. The van der Waals surface area contributed by atoms with Gasteiger partial charge in [-0.2, -0.15) is 0 Å². The molecule has 9 heteroatoms. The maximum absolute atomic E-state index is 13.8. The number of hydrogen-bond donors (Lipinski definition) is 3. The lowest BCUT2D eigenvalue weighted by molar-refractivity contribution is 0.0997.